The maximum absolute atomic E-state index is 4.31. The molecule has 0 fully saturated rings. The fraction of sp³-hybridized carbons (Fsp3) is 0.0909. The summed E-state index contributed by atoms with van der Waals surface area (Å²) in [5.74, 6) is 0.905. The number of H-pyrrole nitrogens is 1. The van der Waals surface area contributed by atoms with Gasteiger partial charge in [-0.05, 0) is 6.92 Å². The second kappa shape index (κ2) is 3.61. The van der Waals surface area contributed by atoms with Gasteiger partial charge in [0.15, 0.2) is 0 Å². The number of thiophene rings is 1. The molecule has 16 heavy (non-hydrogen) atoms. The lowest BCUT2D eigenvalue weighted by molar-refractivity contribution is 1.06. The van der Waals surface area contributed by atoms with E-state index in [1.165, 1.54) is 4.88 Å². The van der Waals surface area contributed by atoms with Crippen LogP contribution >= 0.6 is 11.3 Å². The first-order valence-electron chi connectivity index (χ1n) is 4.92. The smallest absolute Gasteiger partial charge is 0.140 e. The Morgan fingerprint density at radius 2 is 2.31 bits per heavy atom. The minimum absolute atomic E-state index is 0.905. The molecule has 0 saturated carbocycles. The highest BCUT2D eigenvalue weighted by molar-refractivity contribution is 7.10. The van der Waals surface area contributed by atoms with Crippen molar-refractivity contribution >= 4 is 11.3 Å². The molecule has 80 valence electrons. The van der Waals surface area contributed by atoms with Crippen molar-refractivity contribution < 1.29 is 0 Å². The largest absolute Gasteiger partial charge is 0.345 e. The van der Waals surface area contributed by atoms with Crippen LogP contribution in [0.5, 0.6) is 0 Å². The van der Waals surface area contributed by atoms with E-state index in [1.807, 2.05) is 17.0 Å². The molecule has 5 heteroatoms. The Kier molecular flexibility index (Phi) is 2.11. The molecule has 0 spiro atoms. The molecule has 0 aliphatic rings. The topological polar surface area (TPSA) is 46.5 Å². The van der Waals surface area contributed by atoms with Crippen LogP contribution in [0.4, 0.5) is 0 Å². The summed E-state index contributed by atoms with van der Waals surface area (Å²) >= 11 is 1.72. The van der Waals surface area contributed by atoms with Crippen LogP contribution in [-0.4, -0.2) is 19.5 Å². The first kappa shape index (κ1) is 9.35. The van der Waals surface area contributed by atoms with Gasteiger partial charge in [0.25, 0.3) is 0 Å². The van der Waals surface area contributed by atoms with Crippen LogP contribution in [0.2, 0.25) is 0 Å². The molecule has 3 rings (SSSR count). The Bertz CT molecular complexity index is 578. The van der Waals surface area contributed by atoms with E-state index < -0.39 is 0 Å². The standard InChI is InChI=1S/C11H10N4S/c1-8-10(11-13-2-3-14-11)9(6-16-8)15-5-4-12-7-15/h2-7H,1H3,(H,13,14). The number of nitrogens with one attached hydrogen (secondary N) is 1. The zero-order chi connectivity index (χ0) is 11.0. The molecular weight excluding hydrogens is 220 g/mol. The molecular formula is C11H10N4S. The molecule has 0 saturated heterocycles. The van der Waals surface area contributed by atoms with Crippen molar-refractivity contribution in [2.45, 2.75) is 6.92 Å². The van der Waals surface area contributed by atoms with Gasteiger partial charge in [0.2, 0.25) is 0 Å². The number of aryl methyl sites for hydroxylation is 1. The molecule has 1 N–H and O–H groups in total. The van der Waals surface area contributed by atoms with E-state index in [9.17, 15) is 0 Å². The van der Waals surface area contributed by atoms with Crippen molar-refractivity contribution in [3.63, 3.8) is 0 Å². The van der Waals surface area contributed by atoms with Crippen molar-refractivity contribution in [2.75, 3.05) is 0 Å². The van der Waals surface area contributed by atoms with Gasteiger partial charge >= 0.3 is 0 Å². The molecule has 3 aromatic heterocycles. The number of aromatic amines is 1. The number of imidazole rings is 2. The molecule has 4 nitrogen and oxygen atoms in total. The third kappa shape index (κ3) is 1.37. The summed E-state index contributed by atoms with van der Waals surface area (Å²) in [6.45, 7) is 2.10. The molecule has 0 aromatic carbocycles. The minimum Gasteiger partial charge on any atom is -0.345 e. The van der Waals surface area contributed by atoms with Crippen molar-refractivity contribution in [1.82, 2.24) is 19.5 Å². The number of hydrogen-bond donors (Lipinski definition) is 1. The Hall–Kier alpha value is -1.88. The van der Waals surface area contributed by atoms with Crippen LogP contribution in [-0.2, 0) is 0 Å². The summed E-state index contributed by atoms with van der Waals surface area (Å²) < 4.78 is 2.00. The highest BCUT2D eigenvalue weighted by Gasteiger charge is 2.13. The maximum Gasteiger partial charge on any atom is 0.140 e. The Morgan fingerprint density at radius 3 is 3.00 bits per heavy atom. The second-order valence-electron chi connectivity index (χ2n) is 3.46. The van der Waals surface area contributed by atoms with E-state index in [-0.39, 0.29) is 0 Å². The summed E-state index contributed by atoms with van der Waals surface area (Å²) in [7, 11) is 0. The van der Waals surface area contributed by atoms with Crippen LogP contribution in [0.15, 0.2) is 36.5 Å². The van der Waals surface area contributed by atoms with E-state index in [2.05, 4.69) is 27.3 Å². The van der Waals surface area contributed by atoms with Gasteiger partial charge in [0.1, 0.15) is 5.82 Å². The van der Waals surface area contributed by atoms with Crippen LogP contribution in [0.25, 0.3) is 17.1 Å². The third-order valence-electron chi connectivity index (χ3n) is 2.47. The van der Waals surface area contributed by atoms with Crippen molar-refractivity contribution in [2.24, 2.45) is 0 Å². The van der Waals surface area contributed by atoms with E-state index in [0.29, 0.717) is 0 Å². The number of rotatable bonds is 2. The van der Waals surface area contributed by atoms with Gasteiger partial charge in [-0.3, -0.25) is 0 Å². The molecule has 3 aromatic rings. The lowest BCUT2D eigenvalue weighted by atomic mass is 10.2. The quantitative estimate of drug-likeness (QED) is 0.735. The first-order valence-corrected chi connectivity index (χ1v) is 5.80. The van der Waals surface area contributed by atoms with Gasteiger partial charge in [-0.25, -0.2) is 9.97 Å². The monoisotopic (exact) mass is 230 g/mol. The van der Waals surface area contributed by atoms with Gasteiger partial charge < -0.3 is 9.55 Å². The number of hydrogen-bond acceptors (Lipinski definition) is 3. The molecule has 0 bridgehead atoms. The Balaban J connectivity index is 2.21. The van der Waals surface area contributed by atoms with Crippen LogP contribution < -0.4 is 0 Å². The van der Waals surface area contributed by atoms with Crippen molar-refractivity contribution in [3.8, 4) is 17.1 Å². The predicted molar refractivity (Wildman–Crippen MR) is 63.8 cm³/mol. The van der Waals surface area contributed by atoms with Gasteiger partial charge in [0, 0.05) is 35.0 Å². The second-order valence-corrected chi connectivity index (χ2v) is 4.54. The van der Waals surface area contributed by atoms with Crippen LogP contribution in [0, 0.1) is 6.92 Å². The fourth-order valence-corrected chi connectivity index (χ4v) is 2.57. The third-order valence-corrected chi connectivity index (χ3v) is 3.37. The minimum atomic E-state index is 0.905. The lowest BCUT2D eigenvalue weighted by Gasteiger charge is -2.03. The molecule has 0 aliphatic heterocycles. The molecule has 0 atom stereocenters. The van der Waals surface area contributed by atoms with E-state index in [1.54, 1.807) is 30.1 Å². The SMILES string of the molecule is Cc1scc(-n2ccnc2)c1-c1ncc[nH]1. The average molecular weight is 230 g/mol. The molecule has 0 aliphatic carbocycles. The summed E-state index contributed by atoms with van der Waals surface area (Å²) in [4.78, 5) is 12.8. The molecule has 3 heterocycles. The highest BCUT2D eigenvalue weighted by Crippen LogP contribution is 2.32. The molecule has 0 unspecified atom stereocenters. The lowest BCUT2D eigenvalue weighted by Crippen LogP contribution is -1.92. The highest BCUT2D eigenvalue weighted by atomic mass is 32.1. The summed E-state index contributed by atoms with van der Waals surface area (Å²) in [5, 5.41) is 2.12. The summed E-state index contributed by atoms with van der Waals surface area (Å²) in [6.07, 6.45) is 9.12. The Morgan fingerprint density at radius 1 is 1.38 bits per heavy atom. The summed E-state index contributed by atoms with van der Waals surface area (Å²) in [6, 6.07) is 0. The zero-order valence-electron chi connectivity index (χ0n) is 8.71. The van der Waals surface area contributed by atoms with Gasteiger partial charge in [-0.2, -0.15) is 0 Å². The summed E-state index contributed by atoms with van der Waals surface area (Å²) in [5.41, 5.74) is 2.27. The fourth-order valence-electron chi connectivity index (χ4n) is 1.72. The van der Waals surface area contributed by atoms with Crippen molar-refractivity contribution in [1.29, 1.82) is 0 Å². The predicted octanol–water partition coefficient (Wildman–Crippen LogP) is 2.63. The van der Waals surface area contributed by atoms with E-state index >= 15 is 0 Å². The van der Waals surface area contributed by atoms with Crippen LogP contribution in [0.3, 0.4) is 0 Å². The first-order chi connectivity index (χ1) is 7.86. The molecule has 0 amide bonds. The molecule has 0 radical (unpaired) electrons. The Labute approximate surface area is 96.6 Å². The normalized spacial score (nSPS) is 10.8. The van der Waals surface area contributed by atoms with Gasteiger partial charge in [-0.15, -0.1) is 11.3 Å². The van der Waals surface area contributed by atoms with Gasteiger partial charge in [-0.1, -0.05) is 0 Å². The van der Waals surface area contributed by atoms with E-state index in [4.69, 9.17) is 0 Å². The van der Waals surface area contributed by atoms with E-state index in [0.717, 1.165) is 17.1 Å². The number of nitrogens with zero attached hydrogens (tertiary/aromatic N) is 3. The van der Waals surface area contributed by atoms with Gasteiger partial charge in [0.05, 0.1) is 17.6 Å². The zero-order valence-corrected chi connectivity index (χ0v) is 9.53. The number of aromatic nitrogens is 4. The van der Waals surface area contributed by atoms with Crippen LogP contribution in [0.1, 0.15) is 4.88 Å². The average Bonchev–Trinajstić information content (AvgIpc) is 2.96. The van der Waals surface area contributed by atoms with Crippen molar-refractivity contribution in [3.05, 3.63) is 41.4 Å². The maximum atomic E-state index is 4.31.